The van der Waals surface area contributed by atoms with Gasteiger partial charge in [0.25, 0.3) is 0 Å². The summed E-state index contributed by atoms with van der Waals surface area (Å²) in [7, 11) is 0. The smallest absolute Gasteiger partial charge is 0.389 e. The first-order valence-corrected chi connectivity index (χ1v) is 11.8. The van der Waals surface area contributed by atoms with Gasteiger partial charge in [0.2, 0.25) is 0 Å². The van der Waals surface area contributed by atoms with Crippen LogP contribution in [0.25, 0.3) is 21.1 Å². The maximum Gasteiger partial charge on any atom is 0.389 e. The van der Waals surface area contributed by atoms with Crippen molar-refractivity contribution in [2.75, 3.05) is 37.6 Å². The lowest BCUT2D eigenvalue weighted by molar-refractivity contribution is -0.571. The number of halogens is 1. The number of furan rings is 1. The molecule has 170 valence electrons. The van der Waals surface area contributed by atoms with Gasteiger partial charge in [0.05, 0.1) is 17.3 Å². The lowest BCUT2D eigenvalue weighted by Crippen LogP contribution is -2.46. The minimum atomic E-state index is -0.301. The normalized spacial score (nSPS) is 14.9. The van der Waals surface area contributed by atoms with Gasteiger partial charge < -0.3 is 9.32 Å². The number of benzene rings is 1. The summed E-state index contributed by atoms with van der Waals surface area (Å²) in [6.07, 6.45) is 5.69. The number of aryl methyl sites for hydroxylation is 1. The summed E-state index contributed by atoms with van der Waals surface area (Å²) in [5.74, 6) is -0.209. The van der Waals surface area contributed by atoms with E-state index in [1.54, 1.807) is 40.6 Å². The Bertz CT molecular complexity index is 1370. The number of carbonyl (C=O) groups excluding carboxylic acids is 2. The van der Waals surface area contributed by atoms with Gasteiger partial charge in [-0.2, -0.15) is 0 Å². The molecule has 1 aromatic carbocycles. The van der Waals surface area contributed by atoms with E-state index in [2.05, 4.69) is 9.80 Å². The number of aromatic nitrogens is 1. The van der Waals surface area contributed by atoms with Crippen LogP contribution in [0.3, 0.4) is 0 Å². The van der Waals surface area contributed by atoms with Crippen molar-refractivity contribution in [1.29, 1.82) is 0 Å². The van der Waals surface area contributed by atoms with E-state index in [0.717, 1.165) is 57.8 Å². The van der Waals surface area contributed by atoms with Crippen LogP contribution in [-0.4, -0.2) is 49.3 Å². The minimum Gasteiger partial charge on any atom is -0.462 e. The third kappa shape index (κ3) is 4.16. The van der Waals surface area contributed by atoms with Crippen LogP contribution in [-0.2, 0) is 0 Å². The molecule has 4 heterocycles. The number of nitrogens with zero attached hydrogens (tertiary/aromatic N) is 3. The Labute approximate surface area is 194 Å². The van der Waals surface area contributed by atoms with E-state index in [0.29, 0.717) is 18.5 Å². The number of hydrogen-bond acceptors (Lipinski definition) is 6. The third-order valence-electron chi connectivity index (χ3n) is 6.34. The Hall–Kier alpha value is -3.10. The molecule has 1 aliphatic rings. The summed E-state index contributed by atoms with van der Waals surface area (Å²) < 4.78 is 21.5. The molecule has 0 aliphatic carbocycles. The average molecular weight is 467 g/mol. The zero-order chi connectivity index (χ0) is 23.1. The fourth-order valence-electron chi connectivity index (χ4n) is 4.54. The summed E-state index contributed by atoms with van der Waals surface area (Å²) in [6.45, 7) is 7.55. The predicted octanol–water partition coefficient (Wildman–Crippen LogP) is 4.44. The Morgan fingerprint density at radius 3 is 2.70 bits per heavy atom. The van der Waals surface area contributed by atoms with E-state index >= 15 is 0 Å². The minimum absolute atomic E-state index is 0.0504. The fraction of sp³-hybridized carbons (Fsp3) is 0.320. The van der Waals surface area contributed by atoms with Gasteiger partial charge in [-0.15, -0.1) is 15.9 Å². The topological polar surface area (TPSA) is 57.6 Å². The summed E-state index contributed by atoms with van der Waals surface area (Å²) >= 11 is 1.55. The first-order chi connectivity index (χ1) is 15.9. The first-order valence-electron chi connectivity index (χ1n) is 11.0. The van der Waals surface area contributed by atoms with Crippen molar-refractivity contribution in [3.05, 3.63) is 59.2 Å². The van der Waals surface area contributed by atoms with Crippen molar-refractivity contribution in [1.82, 2.24) is 4.90 Å². The van der Waals surface area contributed by atoms with Gasteiger partial charge >= 0.3 is 5.91 Å². The van der Waals surface area contributed by atoms with E-state index in [-0.39, 0.29) is 17.5 Å². The van der Waals surface area contributed by atoms with Crippen molar-refractivity contribution in [2.24, 2.45) is 0 Å². The fourth-order valence-corrected chi connectivity index (χ4v) is 5.64. The molecule has 0 spiro atoms. The highest BCUT2D eigenvalue weighted by Gasteiger charge is 2.23. The van der Waals surface area contributed by atoms with Crippen molar-refractivity contribution < 1.29 is 23.0 Å². The second-order valence-electron chi connectivity index (χ2n) is 8.45. The van der Waals surface area contributed by atoms with E-state index in [1.807, 2.05) is 13.0 Å². The maximum absolute atomic E-state index is 13.4. The Balaban J connectivity index is 1.22. The highest BCUT2D eigenvalue weighted by atomic mass is 32.1. The molecule has 3 aromatic heterocycles. The molecule has 0 radical (unpaired) electrons. The molecule has 0 amide bonds. The second kappa shape index (κ2) is 8.68. The molecule has 0 N–H and O–H groups in total. The number of Topliss-reactive ketones (excluding diaryl/α,β-unsaturated/α-hetero) is 1. The molecule has 0 atom stereocenters. The molecular weight excluding hydrogens is 441 g/mol. The number of fused-ring (bicyclic) bond motifs is 2. The molecule has 0 bridgehead atoms. The van der Waals surface area contributed by atoms with Crippen LogP contribution in [0.2, 0.25) is 0 Å². The number of pyridine rings is 1. The standard InChI is InChI=1S/C25H25FN3O3S/c1-16-25(20-5-8-29(17(2)30)14-24(20)33-16)22(31)6-7-27-9-11-28(12-10-27)21-15-32-23-13-18(26)3-4-19(21)23/h3-5,8,13-15H,6-7,9-12H2,1-2H3/q+1. The number of hydrogen-bond donors (Lipinski definition) is 0. The van der Waals surface area contributed by atoms with Crippen molar-refractivity contribution >= 4 is 49.8 Å². The summed E-state index contributed by atoms with van der Waals surface area (Å²) in [5, 5.41) is 1.85. The lowest BCUT2D eigenvalue weighted by atomic mass is 10.0. The monoisotopic (exact) mass is 466 g/mol. The zero-order valence-corrected chi connectivity index (χ0v) is 19.5. The highest BCUT2D eigenvalue weighted by molar-refractivity contribution is 7.19. The van der Waals surface area contributed by atoms with Gasteiger partial charge in [-0.05, 0) is 19.1 Å². The molecule has 1 saturated heterocycles. The van der Waals surface area contributed by atoms with Gasteiger partial charge in [-0.3, -0.25) is 9.69 Å². The van der Waals surface area contributed by atoms with E-state index in [1.165, 1.54) is 19.1 Å². The molecule has 6 nitrogen and oxygen atoms in total. The molecule has 4 aromatic rings. The number of ketones is 1. The van der Waals surface area contributed by atoms with Crippen LogP contribution >= 0.6 is 11.3 Å². The van der Waals surface area contributed by atoms with Crippen LogP contribution in [0.15, 0.2) is 47.3 Å². The molecule has 8 heteroatoms. The maximum atomic E-state index is 13.4. The van der Waals surface area contributed by atoms with Gasteiger partial charge in [0.1, 0.15) is 17.7 Å². The molecule has 0 unspecified atom stereocenters. The van der Waals surface area contributed by atoms with Crippen molar-refractivity contribution in [2.45, 2.75) is 20.3 Å². The van der Waals surface area contributed by atoms with Crippen LogP contribution in [0, 0.1) is 12.7 Å². The largest absolute Gasteiger partial charge is 0.462 e. The number of piperazine rings is 1. The summed E-state index contributed by atoms with van der Waals surface area (Å²) in [4.78, 5) is 30.3. The Kier molecular flexibility index (Phi) is 5.72. The van der Waals surface area contributed by atoms with Crippen LogP contribution in [0.5, 0.6) is 0 Å². The summed E-state index contributed by atoms with van der Waals surface area (Å²) in [6, 6.07) is 6.50. The Morgan fingerprint density at radius 1 is 1.15 bits per heavy atom. The SMILES string of the molecule is CC(=O)[n+]1ccc2c(C(=O)CCN3CCN(c4coc5cc(F)ccc45)CC3)c(C)sc2c1. The summed E-state index contributed by atoms with van der Waals surface area (Å²) in [5.41, 5.74) is 2.33. The van der Waals surface area contributed by atoms with Crippen molar-refractivity contribution in [3.63, 3.8) is 0 Å². The van der Waals surface area contributed by atoms with Gasteiger partial charge in [-0.25, -0.2) is 9.18 Å². The number of anilines is 1. The third-order valence-corrected chi connectivity index (χ3v) is 7.39. The average Bonchev–Trinajstić information content (AvgIpc) is 3.36. The predicted molar refractivity (Wildman–Crippen MR) is 127 cm³/mol. The second-order valence-corrected chi connectivity index (χ2v) is 9.70. The highest BCUT2D eigenvalue weighted by Crippen LogP contribution is 2.32. The number of rotatable bonds is 5. The van der Waals surface area contributed by atoms with E-state index in [4.69, 9.17) is 4.42 Å². The van der Waals surface area contributed by atoms with Crippen LogP contribution in [0.1, 0.15) is 33.4 Å². The molecular formula is C25H25FN3O3S+. The molecule has 5 rings (SSSR count). The molecule has 33 heavy (non-hydrogen) atoms. The van der Waals surface area contributed by atoms with Crippen LogP contribution in [0.4, 0.5) is 10.1 Å². The molecule has 1 aliphatic heterocycles. The van der Waals surface area contributed by atoms with Crippen LogP contribution < -0.4 is 9.47 Å². The quantitative estimate of drug-likeness (QED) is 0.322. The number of thiophene rings is 1. The lowest BCUT2D eigenvalue weighted by Gasteiger charge is -2.35. The van der Waals surface area contributed by atoms with Gasteiger partial charge in [0.15, 0.2) is 18.2 Å². The van der Waals surface area contributed by atoms with Gasteiger partial charge in [0, 0.05) is 72.5 Å². The van der Waals surface area contributed by atoms with E-state index in [9.17, 15) is 14.0 Å². The zero-order valence-electron chi connectivity index (χ0n) is 18.6. The van der Waals surface area contributed by atoms with E-state index < -0.39 is 0 Å². The Morgan fingerprint density at radius 2 is 1.94 bits per heavy atom. The van der Waals surface area contributed by atoms with Gasteiger partial charge in [-0.1, -0.05) is 0 Å². The molecule has 1 fully saturated rings. The van der Waals surface area contributed by atoms with Crippen molar-refractivity contribution in [3.8, 4) is 0 Å². The first kappa shape index (κ1) is 21.7. The number of carbonyl (C=O) groups is 2. The molecule has 0 saturated carbocycles.